The van der Waals surface area contributed by atoms with E-state index in [1.165, 1.54) is 25.7 Å². The van der Waals surface area contributed by atoms with Crippen LogP contribution in [0, 0.1) is 11.8 Å². The van der Waals surface area contributed by atoms with E-state index >= 15 is 0 Å². The molecule has 1 atom stereocenters. The minimum atomic E-state index is -0.873. The first-order valence-corrected chi connectivity index (χ1v) is 4.92. The number of carboxylic acid groups (broad SMARTS) is 1. The van der Waals surface area contributed by atoms with Crippen molar-refractivity contribution in [3.05, 3.63) is 0 Å². The fraction of sp³-hybridized carbons (Fsp3) is 0.900. The molecule has 1 saturated carbocycles. The number of rotatable bonds is 2. The molecule has 0 aromatic rings. The monoisotopic (exact) mass is 169 g/mol. The third-order valence-corrected chi connectivity index (χ3v) is 2.98. The van der Waals surface area contributed by atoms with Crippen LogP contribution in [0.2, 0.25) is 0 Å². The zero-order valence-electron chi connectivity index (χ0n) is 7.71. The van der Waals surface area contributed by atoms with Crippen molar-refractivity contribution in [1.29, 1.82) is 0 Å². The summed E-state index contributed by atoms with van der Waals surface area (Å²) in [6.07, 6.45) is 7.10. The summed E-state index contributed by atoms with van der Waals surface area (Å²) in [6, 6.07) is 0. The van der Waals surface area contributed by atoms with Crippen molar-refractivity contribution in [2.75, 3.05) is 0 Å². The van der Waals surface area contributed by atoms with Crippen molar-refractivity contribution < 1.29 is 9.90 Å². The summed E-state index contributed by atoms with van der Waals surface area (Å²) in [5, 5.41) is 10.6. The Morgan fingerprint density at radius 3 is 2.17 bits per heavy atom. The molecule has 1 rings (SSSR count). The van der Waals surface area contributed by atoms with Crippen LogP contribution in [0.5, 0.6) is 0 Å². The van der Waals surface area contributed by atoms with E-state index in [0.717, 1.165) is 12.8 Å². The predicted molar refractivity (Wildman–Crippen MR) is 45.4 cm³/mol. The molecular weight excluding hydrogens is 152 g/mol. The van der Waals surface area contributed by atoms with Gasteiger partial charge < -0.3 is 9.90 Å². The van der Waals surface area contributed by atoms with Gasteiger partial charge in [-0.2, -0.15) is 0 Å². The van der Waals surface area contributed by atoms with E-state index in [1.807, 2.05) is 0 Å². The van der Waals surface area contributed by atoms with E-state index in [2.05, 4.69) is 0 Å². The van der Waals surface area contributed by atoms with Gasteiger partial charge in [0, 0.05) is 5.97 Å². The first kappa shape index (κ1) is 9.56. The van der Waals surface area contributed by atoms with Gasteiger partial charge in [-0.25, -0.2) is 0 Å². The minimum Gasteiger partial charge on any atom is -0.550 e. The van der Waals surface area contributed by atoms with Crippen molar-refractivity contribution in [3.8, 4) is 0 Å². The highest BCUT2D eigenvalue weighted by molar-refractivity contribution is 5.67. The Bertz CT molecular complexity index is 146. The van der Waals surface area contributed by atoms with E-state index in [4.69, 9.17) is 0 Å². The van der Waals surface area contributed by atoms with Gasteiger partial charge in [0.25, 0.3) is 0 Å². The average Bonchev–Trinajstić information content (AvgIpc) is 2.30. The van der Waals surface area contributed by atoms with E-state index in [-0.39, 0.29) is 5.92 Å². The molecule has 1 aliphatic rings. The second-order valence-electron chi connectivity index (χ2n) is 3.86. The van der Waals surface area contributed by atoms with Crippen LogP contribution < -0.4 is 5.11 Å². The quantitative estimate of drug-likeness (QED) is 0.585. The second kappa shape index (κ2) is 4.48. The van der Waals surface area contributed by atoms with E-state index in [1.54, 1.807) is 6.92 Å². The Morgan fingerprint density at radius 1 is 1.25 bits per heavy atom. The molecule has 0 spiro atoms. The zero-order chi connectivity index (χ0) is 8.97. The Kier molecular flexibility index (Phi) is 3.57. The Hall–Kier alpha value is -0.530. The van der Waals surface area contributed by atoms with Crippen LogP contribution in [-0.4, -0.2) is 5.97 Å². The van der Waals surface area contributed by atoms with Crippen LogP contribution in [0.4, 0.5) is 0 Å². The molecular formula is C10H17O2-. The number of carbonyl (C=O) groups excluding carboxylic acids is 1. The highest BCUT2D eigenvalue weighted by Crippen LogP contribution is 2.28. The van der Waals surface area contributed by atoms with Crippen molar-refractivity contribution >= 4 is 5.97 Å². The molecule has 0 aromatic carbocycles. The summed E-state index contributed by atoms with van der Waals surface area (Å²) < 4.78 is 0. The van der Waals surface area contributed by atoms with Crippen LogP contribution in [0.1, 0.15) is 45.4 Å². The van der Waals surface area contributed by atoms with Gasteiger partial charge in [-0.3, -0.25) is 0 Å². The summed E-state index contributed by atoms with van der Waals surface area (Å²) in [6.45, 7) is 1.78. The third kappa shape index (κ3) is 2.50. The van der Waals surface area contributed by atoms with Gasteiger partial charge >= 0.3 is 0 Å². The molecule has 0 aromatic heterocycles. The molecule has 0 heterocycles. The van der Waals surface area contributed by atoms with Gasteiger partial charge in [-0.05, 0) is 24.7 Å². The molecule has 1 fully saturated rings. The van der Waals surface area contributed by atoms with E-state index in [0.29, 0.717) is 5.92 Å². The molecule has 0 saturated heterocycles. The number of hydrogen-bond acceptors (Lipinski definition) is 2. The van der Waals surface area contributed by atoms with Gasteiger partial charge in [0.15, 0.2) is 0 Å². The first-order chi connectivity index (χ1) is 5.72. The maximum Gasteiger partial charge on any atom is 0.0445 e. The lowest BCUT2D eigenvalue weighted by atomic mass is 9.88. The fourth-order valence-corrected chi connectivity index (χ4v) is 2.00. The van der Waals surface area contributed by atoms with Crippen LogP contribution in [0.3, 0.4) is 0 Å². The molecule has 1 aliphatic carbocycles. The van der Waals surface area contributed by atoms with Crippen molar-refractivity contribution in [2.45, 2.75) is 45.4 Å². The van der Waals surface area contributed by atoms with Crippen LogP contribution in [-0.2, 0) is 4.79 Å². The topological polar surface area (TPSA) is 40.1 Å². The van der Waals surface area contributed by atoms with Gasteiger partial charge in [-0.15, -0.1) is 0 Å². The van der Waals surface area contributed by atoms with E-state index in [9.17, 15) is 9.90 Å². The summed E-state index contributed by atoms with van der Waals surface area (Å²) in [5.41, 5.74) is 0. The summed E-state index contributed by atoms with van der Waals surface area (Å²) >= 11 is 0. The molecule has 70 valence electrons. The van der Waals surface area contributed by atoms with Crippen molar-refractivity contribution in [1.82, 2.24) is 0 Å². The van der Waals surface area contributed by atoms with E-state index < -0.39 is 5.97 Å². The maximum absolute atomic E-state index is 10.6. The molecule has 2 heteroatoms. The van der Waals surface area contributed by atoms with Crippen LogP contribution >= 0.6 is 0 Å². The SMILES string of the molecule is CC(C(=O)[O-])C1CCCCCC1. The second-order valence-corrected chi connectivity index (χ2v) is 3.86. The number of carbonyl (C=O) groups is 1. The lowest BCUT2D eigenvalue weighted by Crippen LogP contribution is -2.34. The van der Waals surface area contributed by atoms with Gasteiger partial charge in [0.05, 0.1) is 0 Å². The molecule has 12 heavy (non-hydrogen) atoms. The maximum atomic E-state index is 10.6. The lowest BCUT2D eigenvalue weighted by Gasteiger charge is -2.22. The predicted octanol–water partition coefficient (Wildman–Crippen LogP) is 1.34. The summed E-state index contributed by atoms with van der Waals surface area (Å²) in [5.74, 6) is -0.748. The van der Waals surface area contributed by atoms with Crippen LogP contribution in [0.25, 0.3) is 0 Å². The molecule has 0 N–H and O–H groups in total. The summed E-state index contributed by atoms with van der Waals surface area (Å²) in [4.78, 5) is 10.6. The highest BCUT2D eigenvalue weighted by atomic mass is 16.4. The van der Waals surface area contributed by atoms with Crippen LogP contribution in [0.15, 0.2) is 0 Å². The third-order valence-electron chi connectivity index (χ3n) is 2.98. The largest absolute Gasteiger partial charge is 0.550 e. The average molecular weight is 169 g/mol. The Labute approximate surface area is 74.0 Å². The highest BCUT2D eigenvalue weighted by Gasteiger charge is 2.19. The molecule has 0 radical (unpaired) electrons. The number of aliphatic carboxylic acids is 1. The normalized spacial score (nSPS) is 23.1. The molecule has 2 nitrogen and oxygen atoms in total. The number of hydrogen-bond donors (Lipinski definition) is 0. The fourth-order valence-electron chi connectivity index (χ4n) is 2.00. The van der Waals surface area contributed by atoms with Gasteiger partial charge in [0.2, 0.25) is 0 Å². The Balaban J connectivity index is 2.42. The minimum absolute atomic E-state index is 0.247. The number of carboxylic acids is 1. The molecule has 0 bridgehead atoms. The van der Waals surface area contributed by atoms with Crippen molar-refractivity contribution in [2.24, 2.45) is 11.8 Å². The standard InChI is InChI=1S/C10H18O2/c1-8(10(11)12)9-6-4-2-3-5-7-9/h8-9H,2-7H2,1H3,(H,11,12)/p-1. The van der Waals surface area contributed by atoms with Gasteiger partial charge in [0.1, 0.15) is 0 Å². The molecule has 0 amide bonds. The zero-order valence-corrected chi connectivity index (χ0v) is 7.71. The lowest BCUT2D eigenvalue weighted by molar-refractivity contribution is -0.312. The smallest absolute Gasteiger partial charge is 0.0445 e. The molecule has 1 unspecified atom stereocenters. The summed E-state index contributed by atoms with van der Waals surface area (Å²) in [7, 11) is 0. The van der Waals surface area contributed by atoms with Gasteiger partial charge in [-0.1, -0.05) is 32.6 Å². The molecule has 0 aliphatic heterocycles. The first-order valence-electron chi connectivity index (χ1n) is 4.92. The van der Waals surface area contributed by atoms with Crippen molar-refractivity contribution in [3.63, 3.8) is 0 Å². The Morgan fingerprint density at radius 2 is 1.75 bits per heavy atom.